The molecule has 3 rings (SSSR count). The minimum absolute atomic E-state index is 0.863. The van der Waals surface area contributed by atoms with E-state index in [1.165, 1.54) is 11.1 Å². The molecule has 16 heavy (non-hydrogen) atoms. The Kier molecular flexibility index (Phi) is 2.11. The summed E-state index contributed by atoms with van der Waals surface area (Å²) in [5, 5.41) is 0. The molecule has 2 heterocycles. The fourth-order valence-corrected chi connectivity index (χ4v) is 1.77. The minimum Gasteiger partial charge on any atom is -0.463 e. The van der Waals surface area contributed by atoms with Crippen LogP contribution >= 0.6 is 0 Å². The predicted molar refractivity (Wildman–Crippen MR) is 63.9 cm³/mol. The molecule has 2 nitrogen and oxygen atoms in total. The fourth-order valence-electron chi connectivity index (χ4n) is 1.77. The number of furan rings is 1. The smallest absolute Gasteiger partial charge is 0.150 e. The van der Waals surface area contributed by atoms with E-state index in [1.807, 2.05) is 36.5 Å². The lowest BCUT2D eigenvalue weighted by molar-refractivity contribution is 0.580. The van der Waals surface area contributed by atoms with E-state index in [4.69, 9.17) is 4.42 Å². The van der Waals surface area contributed by atoms with Crippen molar-refractivity contribution in [3.8, 4) is 22.6 Å². The summed E-state index contributed by atoms with van der Waals surface area (Å²) in [7, 11) is 0. The third kappa shape index (κ3) is 1.54. The predicted octanol–water partition coefficient (Wildman–Crippen LogP) is 3.94. The maximum atomic E-state index is 5.34. The molecule has 0 amide bonds. The van der Waals surface area contributed by atoms with Crippen LogP contribution in [0.5, 0.6) is 0 Å². The molecule has 78 valence electrons. The van der Waals surface area contributed by atoms with E-state index in [0.717, 1.165) is 11.5 Å². The maximum Gasteiger partial charge on any atom is 0.150 e. The highest BCUT2D eigenvalue weighted by Crippen LogP contribution is 2.25. The summed E-state index contributed by atoms with van der Waals surface area (Å²) in [6.45, 7) is 0. The van der Waals surface area contributed by atoms with E-state index in [1.54, 1.807) is 6.26 Å². The first kappa shape index (κ1) is 9.04. The van der Waals surface area contributed by atoms with Crippen LogP contribution in [0.25, 0.3) is 22.6 Å². The number of hydrogen-bond acceptors (Lipinski definition) is 1. The van der Waals surface area contributed by atoms with Crippen LogP contribution in [0, 0.1) is 0 Å². The standard InChI is InChI=1S/C14H11NO/c1-2-5-11(6-3-1)12-9-13(15-10-12)14-7-4-8-16-14/h1-10,15H. The molecular weight excluding hydrogens is 198 g/mol. The first-order valence-electron chi connectivity index (χ1n) is 5.21. The number of benzene rings is 1. The molecule has 0 fully saturated rings. The van der Waals surface area contributed by atoms with E-state index < -0.39 is 0 Å². The second-order valence-corrected chi connectivity index (χ2v) is 3.65. The quantitative estimate of drug-likeness (QED) is 0.680. The molecular formula is C14H11NO. The highest BCUT2D eigenvalue weighted by Gasteiger charge is 2.04. The molecule has 0 spiro atoms. The number of aromatic amines is 1. The molecule has 0 atom stereocenters. The molecule has 0 unspecified atom stereocenters. The SMILES string of the molecule is c1ccc(-c2c[nH]c(-c3ccco3)c2)cc1. The summed E-state index contributed by atoms with van der Waals surface area (Å²) in [6, 6.07) is 16.2. The molecule has 0 aliphatic carbocycles. The molecule has 1 aromatic carbocycles. The van der Waals surface area contributed by atoms with Gasteiger partial charge in [0, 0.05) is 6.20 Å². The topological polar surface area (TPSA) is 28.9 Å². The van der Waals surface area contributed by atoms with Crippen LogP contribution in [-0.4, -0.2) is 4.98 Å². The third-order valence-electron chi connectivity index (χ3n) is 2.58. The van der Waals surface area contributed by atoms with Crippen molar-refractivity contribution >= 4 is 0 Å². The zero-order valence-corrected chi connectivity index (χ0v) is 8.68. The first-order valence-corrected chi connectivity index (χ1v) is 5.21. The Morgan fingerprint density at radius 3 is 2.50 bits per heavy atom. The van der Waals surface area contributed by atoms with Gasteiger partial charge in [-0.1, -0.05) is 30.3 Å². The molecule has 0 saturated carbocycles. The van der Waals surface area contributed by atoms with Crippen molar-refractivity contribution in [1.82, 2.24) is 4.98 Å². The van der Waals surface area contributed by atoms with Gasteiger partial charge in [0.25, 0.3) is 0 Å². The van der Waals surface area contributed by atoms with Crippen molar-refractivity contribution in [3.05, 3.63) is 61.0 Å². The molecule has 2 aromatic heterocycles. The average Bonchev–Trinajstić information content (AvgIpc) is 3.01. The summed E-state index contributed by atoms with van der Waals surface area (Å²) in [4.78, 5) is 3.21. The Morgan fingerprint density at radius 1 is 0.875 bits per heavy atom. The Balaban J connectivity index is 2.00. The minimum atomic E-state index is 0.863. The molecule has 0 saturated heterocycles. The van der Waals surface area contributed by atoms with Crippen LogP contribution < -0.4 is 0 Å². The lowest BCUT2D eigenvalue weighted by Gasteiger charge is -1.94. The van der Waals surface area contributed by atoms with E-state index in [-0.39, 0.29) is 0 Å². The summed E-state index contributed by atoms with van der Waals surface area (Å²) < 4.78 is 5.34. The normalized spacial score (nSPS) is 10.5. The van der Waals surface area contributed by atoms with E-state index >= 15 is 0 Å². The number of H-pyrrole nitrogens is 1. The van der Waals surface area contributed by atoms with Gasteiger partial charge in [-0.05, 0) is 29.3 Å². The molecule has 0 bridgehead atoms. The number of nitrogens with one attached hydrogen (secondary N) is 1. The largest absolute Gasteiger partial charge is 0.463 e. The third-order valence-corrected chi connectivity index (χ3v) is 2.58. The van der Waals surface area contributed by atoms with Gasteiger partial charge < -0.3 is 9.40 Å². The van der Waals surface area contributed by atoms with E-state index in [2.05, 4.69) is 23.2 Å². The Morgan fingerprint density at radius 2 is 1.75 bits per heavy atom. The van der Waals surface area contributed by atoms with E-state index in [0.29, 0.717) is 0 Å². The Labute approximate surface area is 93.5 Å². The van der Waals surface area contributed by atoms with Gasteiger partial charge >= 0.3 is 0 Å². The molecule has 3 aromatic rings. The lowest BCUT2D eigenvalue weighted by Crippen LogP contribution is -1.70. The van der Waals surface area contributed by atoms with Crippen LogP contribution in [0.2, 0.25) is 0 Å². The van der Waals surface area contributed by atoms with Gasteiger partial charge in [-0.15, -0.1) is 0 Å². The summed E-state index contributed by atoms with van der Waals surface area (Å²) >= 11 is 0. The van der Waals surface area contributed by atoms with Crippen molar-refractivity contribution in [1.29, 1.82) is 0 Å². The molecule has 0 aliphatic rings. The van der Waals surface area contributed by atoms with Crippen molar-refractivity contribution < 1.29 is 4.42 Å². The summed E-state index contributed by atoms with van der Waals surface area (Å²) in [5.74, 6) is 0.863. The average molecular weight is 209 g/mol. The highest BCUT2D eigenvalue weighted by atomic mass is 16.3. The van der Waals surface area contributed by atoms with Gasteiger partial charge in [0.05, 0.1) is 12.0 Å². The van der Waals surface area contributed by atoms with Gasteiger partial charge in [-0.2, -0.15) is 0 Å². The van der Waals surface area contributed by atoms with Crippen LogP contribution in [0.4, 0.5) is 0 Å². The van der Waals surface area contributed by atoms with Gasteiger partial charge in [0.1, 0.15) is 5.76 Å². The Bertz CT molecular complexity index is 564. The van der Waals surface area contributed by atoms with Crippen molar-refractivity contribution in [2.45, 2.75) is 0 Å². The van der Waals surface area contributed by atoms with Gasteiger partial charge in [-0.3, -0.25) is 0 Å². The van der Waals surface area contributed by atoms with Crippen molar-refractivity contribution in [2.24, 2.45) is 0 Å². The van der Waals surface area contributed by atoms with Gasteiger partial charge in [0.2, 0.25) is 0 Å². The van der Waals surface area contributed by atoms with Crippen LogP contribution in [0.15, 0.2) is 65.4 Å². The summed E-state index contributed by atoms with van der Waals surface area (Å²) in [5.41, 5.74) is 3.38. The monoisotopic (exact) mass is 209 g/mol. The molecule has 0 aliphatic heterocycles. The zero-order valence-electron chi connectivity index (χ0n) is 8.68. The Hall–Kier alpha value is -2.22. The van der Waals surface area contributed by atoms with E-state index in [9.17, 15) is 0 Å². The fraction of sp³-hybridized carbons (Fsp3) is 0. The second kappa shape index (κ2) is 3.74. The number of hydrogen-bond donors (Lipinski definition) is 1. The van der Waals surface area contributed by atoms with Gasteiger partial charge in [-0.25, -0.2) is 0 Å². The second-order valence-electron chi connectivity index (χ2n) is 3.65. The van der Waals surface area contributed by atoms with Crippen molar-refractivity contribution in [3.63, 3.8) is 0 Å². The summed E-state index contributed by atoms with van der Waals surface area (Å²) in [6.07, 6.45) is 3.67. The first-order chi connectivity index (χ1) is 7.93. The molecule has 0 radical (unpaired) electrons. The van der Waals surface area contributed by atoms with Crippen LogP contribution in [0.1, 0.15) is 0 Å². The van der Waals surface area contributed by atoms with Crippen molar-refractivity contribution in [2.75, 3.05) is 0 Å². The lowest BCUT2D eigenvalue weighted by atomic mass is 10.1. The molecule has 2 heteroatoms. The van der Waals surface area contributed by atoms with Crippen LogP contribution in [0.3, 0.4) is 0 Å². The zero-order chi connectivity index (χ0) is 10.8. The maximum absolute atomic E-state index is 5.34. The highest BCUT2D eigenvalue weighted by molar-refractivity contribution is 5.69. The number of aromatic nitrogens is 1. The van der Waals surface area contributed by atoms with Gasteiger partial charge in [0.15, 0.2) is 0 Å². The molecule has 1 N–H and O–H groups in total. The van der Waals surface area contributed by atoms with Crippen LogP contribution in [-0.2, 0) is 0 Å². The number of rotatable bonds is 2.